The van der Waals surface area contributed by atoms with Gasteiger partial charge in [0.1, 0.15) is 0 Å². The first-order valence-corrected chi connectivity index (χ1v) is 14.5. The van der Waals surface area contributed by atoms with Gasteiger partial charge in [0.25, 0.3) is 0 Å². The molecule has 0 saturated carbocycles. The molecule has 0 amide bonds. The molecular formula is C39H31N3. The van der Waals surface area contributed by atoms with E-state index in [0.717, 1.165) is 66.8 Å². The molecule has 0 aliphatic rings. The Morgan fingerprint density at radius 3 is 1.86 bits per heavy atom. The molecule has 0 aliphatic carbocycles. The zero-order valence-corrected chi connectivity index (χ0v) is 24.0. The molecule has 4 aromatic carbocycles. The molecule has 0 spiro atoms. The second kappa shape index (κ2) is 10.7. The van der Waals surface area contributed by atoms with Gasteiger partial charge >= 0.3 is 0 Å². The quantitative estimate of drug-likeness (QED) is 0.203. The van der Waals surface area contributed by atoms with Crippen molar-refractivity contribution < 1.29 is 0 Å². The van der Waals surface area contributed by atoms with E-state index in [4.69, 9.17) is 15.0 Å². The Labute approximate surface area is 246 Å². The van der Waals surface area contributed by atoms with E-state index in [-0.39, 0.29) is 5.92 Å². The van der Waals surface area contributed by atoms with Gasteiger partial charge in [-0.05, 0) is 65.4 Å². The summed E-state index contributed by atoms with van der Waals surface area (Å²) >= 11 is 0. The normalized spacial score (nSPS) is 11.4. The number of pyridine rings is 3. The monoisotopic (exact) mass is 541 g/mol. The molecule has 3 heterocycles. The molecule has 42 heavy (non-hydrogen) atoms. The van der Waals surface area contributed by atoms with E-state index < -0.39 is 0 Å². The molecule has 7 aromatic rings. The van der Waals surface area contributed by atoms with Crippen LogP contribution in [0.5, 0.6) is 0 Å². The summed E-state index contributed by atoms with van der Waals surface area (Å²) in [5.74, 6) is 0.286. The van der Waals surface area contributed by atoms with Crippen LogP contribution in [-0.4, -0.2) is 15.0 Å². The Hall–Kier alpha value is -5.15. The second-order valence-corrected chi connectivity index (χ2v) is 11.2. The Bertz CT molecular complexity index is 2000. The minimum absolute atomic E-state index is 0.286. The molecule has 0 aliphatic heterocycles. The standard InChI is InChI=1S/C39H31N3/c1-25(2)35-24-34(33-20-19-29-18-17-26(3)40-38(29)39(33)42-35)30-15-10-16-31(21-30)37-23-32(27-11-6-4-7-12-27)22-36(41-37)28-13-8-5-9-14-28/h4-25H,1-3H3. The van der Waals surface area contributed by atoms with Crippen molar-refractivity contribution in [2.75, 3.05) is 0 Å². The number of nitrogens with zero attached hydrogens (tertiary/aromatic N) is 3. The molecule has 3 aromatic heterocycles. The van der Waals surface area contributed by atoms with Gasteiger partial charge in [-0.15, -0.1) is 0 Å². The highest BCUT2D eigenvalue weighted by Gasteiger charge is 2.15. The first-order valence-electron chi connectivity index (χ1n) is 14.5. The van der Waals surface area contributed by atoms with Crippen molar-refractivity contribution in [2.45, 2.75) is 26.7 Å². The average Bonchev–Trinajstić information content (AvgIpc) is 3.04. The molecule has 0 atom stereocenters. The number of hydrogen-bond donors (Lipinski definition) is 0. The summed E-state index contributed by atoms with van der Waals surface area (Å²) in [6, 6.07) is 44.8. The third-order valence-electron chi connectivity index (χ3n) is 7.86. The van der Waals surface area contributed by atoms with Crippen LogP contribution in [0.3, 0.4) is 0 Å². The van der Waals surface area contributed by atoms with E-state index in [0.29, 0.717) is 0 Å². The van der Waals surface area contributed by atoms with E-state index in [1.54, 1.807) is 0 Å². The molecule has 0 unspecified atom stereocenters. The van der Waals surface area contributed by atoms with Gasteiger partial charge in [-0.2, -0.15) is 0 Å². The van der Waals surface area contributed by atoms with Gasteiger partial charge < -0.3 is 0 Å². The first kappa shape index (κ1) is 25.8. The minimum atomic E-state index is 0.286. The zero-order valence-electron chi connectivity index (χ0n) is 24.0. The van der Waals surface area contributed by atoms with Crippen LogP contribution in [0.15, 0.2) is 127 Å². The predicted octanol–water partition coefficient (Wildman–Crippen LogP) is 10.3. The summed E-state index contributed by atoms with van der Waals surface area (Å²) in [6.45, 7) is 6.43. The van der Waals surface area contributed by atoms with Gasteiger partial charge in [0.15, 0.2) is 0 Å². The summed E-state index contributed by atoms with van der Waals surface area (Å²) < 4.78 is 0. The van der Waals surface area contributed by atoms with Gasteiger partial charge in [0.2, 0.25) is 0 Å². The lowest BCUT2D eigenvalue weighted by atomic mass is 9.94. The molecule has 7 rings (SSSR count). The summed E-state index contributed by atoms with van der Waals surface area (Å²) in [5, 5.41) is 2.22. The number of fused-ring (bicyclic) bond motifs is 3. The van der Waals surface area contributed by atoms with Gasteiger partial charge in [-0.1, -0.05) is 111 Å². The highest BCUT2D eigenvalue weighted by molar-refractivity contribution is 6.08. The summed E-state index contributed by atoms with van der Waals surface area (Å²) in [7, 11) is 0. The average molecular weight is 542 g/mol. The van der Waals surface area contributed by atoms with Crippen molar-refractivity contribution in [2.24, 2.45) is 0 Å². The second-order valence-electron chi connectivity index (χ2n) is 11.2. The lowest BCUT2D eigenvalue weighted by molar-refractivity contribution is 0.831. The van der Waals surface area contributed by atoms with E-state index in [2.05, 4.69) is 135 Å². The topological polar surface area (TPSA) is 38.7 Å². The van der Waals surface area contributed by atoms with Crippen LogP contribution < -0.4 is 0 Å². The smallest absolute Gasteiger partial charge is 0.0974 e. The largest absolute Gasteiger partial charge is 0.251 e. The molecule has 0 N–H and O–H groups in total. The molecule has 0 radical (unpaired) electrons. The SMILES string of the molecule is Cc1ccc2ccc3c(-c4cccc(-c5cc(-c6ccccc6)cc(-c6ccccc6)n5)c4)cc(C(C)C)nc3c2n1. The number of aryl methyl sites for hydroxylation is 1. The van der Waals surface area contributed by atoms with Gasteiger partial charge in [-0.3, -0.25) is 9.97 Å². The number of aromatic nitrogens is 3. The molecule has 0 saturated heterocycles. The van der Waals surface area contributed by atoms with Crippen molar-refractivity contribution in [3.8, 4) is 44.8 Å². The summed E-state index contributed by atoms with van der Waals surface area (Å²) in [5.41, 5.74) is 12.7. The Morgan fingerprint density at radius 1 is 0.476 bits per heavy atom. The number of rotatable bonds is 5. The van der Waals surface area contributed by atoms with Crippen molar-refractivity contribution in [3.05, 3.63) is 139 Å². The van der Waals surface area contributed by atoms with Crippen LogP contribution in [0.25, 0.3) is 66.6 Å². The number of benzene rings is 4. The zero-order chi connectivity index (χ0) is 28.6. The first-order chi connectivity index (χ1) is 20.5. The third-order valence-corrected chi connectivity index (χ3v) is 7.86. The Morgan fingerprint density at radius 2 is 1.12 bits per heavy atom. The van der Waals surface area contributed by atoms with Crippen LogP contribution in [0.2, 0.25) is 0 Å². The maximum Gasteiger partial charge on any atom is 0.0974 e. The minimum Gasteiger partial charge on any atom is -0.251 e. The molecular weight excluding hydrogens is 510 g/mol. The van der Waals surface area contributed by atoms with E-state index in [1.165, 1.54) is 11.1 Å². The van der Waals surface area contributed by atoms with Gasteiger partial charge in [0.05, 0.1) is 22.4 Å². The maximum absolute atomic E-state index is 5.17. The van der Waals surface area contributed by atoms with Gasteiger partial charge in [0, 0.05) is 33.3 Å². The lowest BCUT2D eigenvalue weighted by Gasteiger charge is -2.15. The van der Waals surface area contributed by atoms with Crippen LogP contribution in [-0.2, 0) is 0 Å². The van der Waals surface area contributed by atoms with Gasteiger partial charge in [-0.25, -0.2) is 4.98 Å². The molecule has 3 nitrogen and oxygen atoms in total. The highest BCUT2D eigenvalue weighted by Crippen LogP contribution is 2.36. The molecule has 3 heteroatoms. The van der Waals surface area contributed by atoms with E-state index in [9.17, 15) is 0 Å². The summed E-state index contributed by atoms with van der Waals surface area (Å²) in [4.78, 5) is 15.2. The fourth-order valence-corrected chi connectivity index (χ4v) is 5.60. The predicted molar refractivity (Wildman–Crippen MR) is 175 cm³/mol. The van der Waals surface area contributed by atoms with Crippen LogP contribution in [0, 0.1) is 6.92 Å². The Balaban J connectivity index is 1.43. The van der Waals surface area contributed by atoms with Crippen molar-refractivity contribution in [1.29, 1.82) is 0 Å². The maximum atomic E-state index is 5.17. The van der Waals surface area contributed by atoms with Crippen LogP contribution >= 0.6 is 0 Å². The van der Waals surface area contributed by atoms with Crippen LogP contribution in [0.4, 0.5) is 0 Å². The van der Waals surface area contributed by atoms with Crippen molar-refractivity contribution >= 4 is 21.8 Å². The molecule has 0 bridgehead atoms. The third kappa shape index (κ3) is 4.84. The van der Waals surface area contributed by atoms with E-state index in [1.807, 2.05) is 13.0 Å². The van der Waals surface area contributed by atoms with E-state index >= 15 is 0 Å². The summed E-state index contributed by atoms with van der Waals surface area (Å²) in [6.07, 6.45) is 0. The fraction of sp³-hybridized carbons (Fsp3) is 0.103. The highest BCUT2D eigenvalue weighted by atomic mass is 14.8. The van der Waals surface area contributed by atoms with Crippen molar-refractivity contribution in [3.63, 3.8) is 0 Å². The lowest BCUT2D eigenvalue weighted by Crippen LogP contribution is -1.98. The fourth-order valence-electron chi connectivity index (χ4n) is 5.60. The Kier molecular flexibility index (Phi) is 6.56. The van der Waals surface area contributed by atoms with Crippen molar-refractivity contribution in [1.82, 2.24) is 15.0 Å². The van der Waals surface area contributed by atoms with Crippen LogP contribution in [0.1, 0.15) is 31.2 Å². The molecule has 202 valence electrons. The number of hydrogen-bond acceptors (Lipinski definition) is 3. The molecule has 0 fully saturated rings.